The van der Waals surface area contributed by atoms with Crippen molar-refractivity contribution in [2.75, 3.05) is 7.11 Å². The molecule has 6 nitrogen and oxygen atoms in total. The Morgan fingerprint density at radius 1 is 1.27 bits per heavy atom. The third kappa shape index (κ3) is 3.27. The number of hydrogen-bond donors (Lipinski definition) is 0. The number of esters is 1. The molecule has 1 aliphatic carbocycles. The zero-order chi connectivity index (χ0) is 15.4. The van der Waals surface area contributed by atoms with Gasteiger partial charge in [-0.3, -0.25) is 4.79 Å². The molecule has 3 rings (SSSR count). The average Bonchev–Trinajstić information content (AvgIpc) is 3.24. The highest BCUT2D eigenvalue weighted by atomic mass is 16.5. The number of hydrogen-bond acceptors (Lipinski definition) is 5. The second kappa shape index (κ2) is 6.60. The van der Waals surface area contributed by atoms with Crippen LogP contribution in [0.1, 0.15) is 31.4 Å². The summed E-state index contributed by atoms with van der Waals surface area (Å²) in [5.74, 6) is 0.739. The van der Waals surface area contributed by atoms with Gasteiger partial charge in [-0.15, -0.1) is 5.10 Å². The molecular weight excluding hydrogens is 282 g/mol. The smallest absolute Gasteiger partial charge is 0.309 e. The molecule has 22 heavy (non-hydrogen) atoms. The highest BCUT2D eigenvalue weighted by Crippen LogP contribution is 2.26. The van der Waals surface area contributed by atoms with Gasteiger partial charge in [-0.1, -0.05) is 18.1 Å². The zero-order valence-corrected chi connectivity index (χ0v) is 12.6. The van der Waals surface area contributed by atoms with Crippen molar-refractivity contribution in [1.29, 1.82) is 0 Å². The molecule has 1 aliphatic rings. The Kier molecular flexibility index (Phi) is 4.37. The third-order valence-corrected chi connectivity index (χ3v) is 3.93. The first-order valence-corrected chi connectivity index (χ1v) is 7.48. The van der Waals surface area contributed by atoms with Gasteiger partial charge in [-0.25, -0.2) is 4.68 Å². The highest BCUT2D eigenvalue weighted by molar-refractivity contribution is 5.72. The molecule has 0 saturated heterocycles. The van der Waals surface area contributed by atoms with Crippen molar-refractivity contribution >= 4 is 5.97 Å². The Labute approximate surface area is 129 Å². The summed E-state index contributed by atoms with van der Waals surface area (Å²) in [5, 5.41) is 8.09. The third-order valence-electron chi connectivity index (χ3n) is 3.93. The van der Waals surface area contributed by atoms with Gasteiger partial charge in [0.2, 0.25) is 0 Å². The number of aromatic nitrogens is 3. The van der Waals surface area contributed by atoms with Crippen molar-refractivity contribution in [3.63, 3.8) is 0 Å². The van der Waals surface area contributed by atoms with Crippen LogP contribution in [-0.2, 0) is 16.1 Å². The van der Waals surface area contributed by atoms with Crippen LogP contribution in [0.5, 0.6) is 5.75 Å². The number of rotatable bonds is 5. The SMILES string of the molecule is COc1ccc(-n2cc(COC(=O)C3CCCC3)nn2)cc1. The second-order valence-electron chi connectivity index (χ2n) is 5.44. The molecule has 0 radical (unpaired) electrons. The molecule has 116 valence electrons. The Morgan fingerprint density at radius 3 is 2.68 bits per heavy atom. The Hall–Kier alpha value is -2.37. The average molecular weight is 301 g/mol. The molecule has 0 atom stereocenters. The van der Waals surface area contributed by atoms with E-state index in [1.165, 1.54) is 0 Å². The first kappa shape index (κ1) is 14.6. The summed E-state index contributed by atoms with van der Waals surface area (Å²) in [7, 11) is 1.63. The number of ether oxygens (including phenoxy) is 2. The van der Waals surface area contributed by atoms with Crippen LogP contribution in [0.25, 0.3) is 5.69 Å². The van der Waals surface area contributed by atoms with Crippen LogP contribution in [0.4, 0.5) is 0 Å². The van der Waals surface area contributed by atoms with Gasteiger partial charge in [0.05, 0.1) is 24.9 Å². The van der Waals surface area contributed by atoms with Gasteiger partial charge in [0, 0.05) is 0 Å². The summed E-state index contributed by atoms with van der Waals surface area (Å²) in [4.78, 5) is 11.9. The minimum atomic E-state index is -0.114. The fourth-order valence-electron chi connectivity index (χ4n) is 2.65. The summed E-state index contributed by atoms with van der Waals surface area (Å²) in [6.45, 7) is 0.172. The number of benzene rings is 1. The quantitative estimate of drug-likeness (QED) is 0.794. The van der Waals surface area contributed by atoms with E-state index < -0.39 is 0 Å². The van der Waals surface area contributed by atoms with Crippen LogP contribution in [0.3, 0.4) is 0 Å². The standard InChI is InChI=1S/C16H19N3O3/c1-21-15-8-6-14(7-9-15)19-10-13(17-18-19)11-22-16(20)12-4-2-3-5-12/h6-10,12H,2-5,11H2,1H3. The van der Waals surface area contributed by atoms with E-state index in [0.29, 0.717) is 5.69 Å². The van der Waals surface area contributed by atoms with Gasteiger partial charge in [0.1, 0.15) is 18.1 Å². The predicted molar refractivity (Wildman–Crippen MR) is 79.7 cm³/mol. The summed E-state index contributed by atoms with van der Waals surface area (Å²) in [5.41, 5.74) is 1.52. The normalized spacial score (nSPS) is 15.0. The number of methoxy groups -OCH3 is 1. The molecule has 0 aliphatic heterocycles. The van der Waals surface area contributed by atoms with E-state index in [1.54, 1.807) is 18.0 Å². The first-order chi connectivity index (χ1) is 10.8. The van der Waals surface area contributed by atoms with Crippen molar-refractivity contribution < 1.29 is 14.3 Å². The predicted octanol–water partition coefficient (Wildman–Crippen LogP) is 2.51. The molecular formula is C16H19N3O3. The van der Waals surface area contributed by atoms with Crippen molar-refractivity contribution in [3.05, 3.63) is 36.2 Å². The number of carbonyl (C=O) groups is 1. The van der Waals surface area contributed by atoms with Crippen molar-refractivity contribution in [3.8, 4) is 11.4 Å². The van der Waals surface area contributed by atoms with Crippen LogP contribution >= 0.6 is 0 Å². The Bertz CT molecular complexity index is 630. The summed E-state index contributed by atoms with van der Waals surface area (Å²) >= 11 is 0. The molecule has 1 aromatic carbocycles. The van der Waals surface area contributed by atoms with E-state index >= 15 is 0 Å². The van der Waals surface area contributed by atoms with Crippen LogP contribution in [0, 0.1) is 5.92 Å². The maximum atomic E-state index is 11.9. The fraction of sp³-hybridized carbons (Fsp3) is 0.438. The van der Waals surface area contributed by atoms with E-state index in [4.69, 9.17) is 9.47 Å². The van der Waals surface area contributed by atoms with Crippen LogP contribution in [0.2, 0.25) is 0 Å². The monoisotopic (exact) mass is 301 g/mol. The van der Waals surface area contributed by atoms with E-state index in [0.717, 1.165) is 37.1 Å². The Balaban J connectivity index is 1.59. The lowest BCUT2D eigenvalue weighted by molar-refractivity contribution is -0.149. The fourth-order valence-corrected chi connectivity index (χ4v) is 2.65. The maximum Gasteiger partial charge on any atom is 0.309 e. The van der Waals surface area contributed by atoms with E-state index in [-0.39, 0.29) is 18.5 Å². The highest BCUT2D eigenvalue weighted by Gasteiger charge is 2.24. The molecule has 0 bridgehead atoms. The molecule has 0 N–H and O–H groups in total. The molecule has 1 aromatic heterocycles. The largest absolute Gasteiger partial charge is 0.497 e. The van der Waals surface area contributed by atoms with Crippen LogP contribution in [0.15, 0.2) is 30.5 Å². The summed E-state index contributed by atoms with van der Waals surface area (Å²) < 4.78 is 12.1. The van der Waals surface area contributed by atoms with Crippen LogP contribution < -0.4 is 4.74 Å². The van der Waals surface area contributed by atoms with Crippen molar-refractivity contribution in [1.82, 2.24) is 15.0 Å². The molecule has 1 heterocycles. The second-order valence-corrected chi connectivity index (χ2v) is 5.44. The van der Waals surface area contributed by atoms with Gasteiger partial charge >= 0.3 is 5.97 Å². The molecule has 0 amide bonds. The van der Waals surface area contributed by atoms with Gasteiger partial charge in [0.25, 0.3) is 0 Å². The first-order valence-electron chi connectivity index (χ1n) is 7.48. The molecule has 2 aromatic rings. The Morgan fingerprint density at radius 2 is 2.00 bits per heavy atom. The lowest BCUT2D eigenvalue weighted by atomic mass is 10.1. The van der Waals surface area contributed by atoms with Gasteiger partial charge in [0.15, 0.2) is 0 Å². The van der Waals surface area contributed by atoms with Crippen molar-refractivity contribution in [2.45, 2.75) is 32.3 Å². The zero-order valence-electron chi connectivity index (χ0n) is 12.6. The van der Waals surface area contributed by atoms with E-state index in [2.05, 4.69) is 10.3 Å². The topological polar surface area (TPSA) is 66.2 Å². The molecule has 0 unspecified atom stereocenters. The molecule has 6 heteroatoms. The number of carbonyl (C=O) groups excluding carboxylic acids is 1. The molecule has 1 fully saturated rings. The summed E-state index contributed by atoms with van der Waals surface area (Å²) in [6, 6.07) is 7.50. The molecule has 1 saturated carbocycles. The van der Waals surface area contributed by atoms with E-state index in [1.807, 2.05) is 24.3 Å². The lowest BCUT2D eigenvalue weighted by Crippen LogP contribution is -2.14. The van der Waals surface area contributed by atoms with Crippen LogP contribution in [-0.4, -0.2) is 28.1 Å². The van der Waals surface area contributed by atoms with Gasteiger partial charge in [-0.05, 0) is 37.1 Å². The molecule has 0 spiro atoms. The van der Waals surface area contributed by atoms with E-state index in [9.17, 15) is 4.79 Å². The maximum absolute atomic E-state index is 11.9. The van der Waals surface area contributed by atoms with Gasteiger partial charge < -0.3 is 9.47 Å². The summed E-state index contributed by atoms with van der Waals surface area (Å²) in [6.07, 6.45) is 5.89. The number of nitrogens with zero attached hydrogens (tertiary/aromatic N) is 3. The minimum Gasteiger partial charge on any atom is -0.497 e. The lowest BCUT2D eigenvalue weighted by Gasteiger charge is -2.07. The van der Waals surface area contributed by atoms with Crippen molar-refractivity contribution in [2.24, 2.45) is 5.92 Å². The minimum absolute atomic E-state index is 0.0663. The van der Waals surface area contributed by atoms with Gasteiger partial charge in [-0.2, -0.15) is 0 Å².